The lowest BCUT2D eigenvalue weighted by molar-refractivity contribution is 0.0987. The van der Waals surface area contributed by atoms with Crippen molar-refractivity contribution in [2.24, 2.45) is 7.05 Å². The van der Waals surface area contributed by atoms with Gasteiger partial charge in [0.25, 0.3) is 5.91 Å². The molecule has 6 heteroatoms. The van der Waals surface area contributed by atoms with Gasteiger partial charge in [0, 0.05) is 38.6 Å². The van der Waals surface area contributed by atoms with Crippen LogP contribution in [0, 0.1) is 13.8 Å². The van der Waals surface area contributed by atoms with Crippen LogP contribution < -0.4 is 4.90 Å². The summed E-state index contributed by atoms with van der Waals surface area (Å²) in [4.78, 5) is 14.0. The number of aromatic nitrogens is 4. The van der Waals surface area contributed by atoms with Crippen LogP contribution in [0.3, 0.4) is 0 Å². The highest BCUT2D eigenvalue weighted by molar-refractivity contribution is 6.05. The van der Waals surface area contributed by atoms with Crippen LogP contribution in [0.2, 0.25) is 0 Å². The quantitative estimate of drug-likeness (QED) is 0.842. The second-order valence-electron chi connectivity index (χ2n) is 4.65. The molecule has 2 rings (SSSR count). The molecule has 0 unspecified atom stereocenters. The van der Waals surface area contributed by atoms with Crippen molar-refractivity contribution < 1.29 is 4.79 Å². The second-order valence-corrected chi connectivity index (χ2v) is 4.65. The van der Waals surface area contributed by atoms with E-state index in [2.05, 4.69) is 10.2 Å². The van der Waals surface area contributed by atoms with Crippen LogP contribution in [0.25, 0.3) is 0 Å². The summed E-state index contributed by atoms with van der Waals surface area (Å²) in [5, 5.41) is 8.56. The molecule has 0 N–H and O–H groups in total. The highest BCUT2D eigenvalue weighted by atomic mass is 16.2. The van der Waals surface area contributed by atoms with Crippen LogP contribution in [-0.2, 0) is 13.6 Å². The van der Waals surface area contributed by atoms with Crippen molar-refractivity contribution >= 4 is 11.6 Å². The van der Waals surface area contributed by atoms with E-state index >= 15 is 0 Å². The molecule has 0 radical (unpaired) electrons. The molecule has 102 valence electrons. The van der Waals surface area contributed by atoms with Crippen molar-refractivity contribution in [1.82, 2.24) is 19.6 Å². The highest BCUT2D eigenvalue weighted by Gasteiger charge is 2.21. The van der Waals surface area contributed by atoms with Gasteiger partial charge in [-0.2, -0.15) is 10.2 Å². The Labute approximate surface area is 112 Å². The molecule has 0 saturated heterocycles. The Morgan fingerprint density at radius 2 is 2.00 bits per heavy atom. The van der Waals surface area contributed by atoms with E-state index in [1.807, 2.05) is 44.9 Å². The van der Waals surface area contributed by atoms with Crippen LogP contribution >= 0.6 is 0 Å². The van der Waals surface area contributed by atoms with Crippen LogP contribution in [-0.4, -0.2) is 32.5 Å². The predicted molar refractivity (Wildman–Crippen MR) is 73.3 cm³/mol. The summed E-state index contributed by atoms with van der Waals surface area (Å²) in [7, 11) is 3.56. The number of amides is 1. The molecule has 0 aliphatic heterocycles. The van der Waals surface area contributed by atoms with E-state index < -0.39 is 0 Å². The van der Waals surface area contributed by atoms with Crippen molar-refractivity contribution in [2.75, 3.05) is 11.9 Å². The van der Waals surface area contributed by atoms with Crippen molar-refractivity contribution in [3.63, 3.8) is 0 Å². The molecule has 1 amide bonds. The van der Waals surface area contributed by atoms with Crippen LogP contribution in [0.1, 0.15) is 28.7 Å². The molecule has 0 aliphatic carbocycles. The minimum absolute atomic E-state index is 0.114. The number of carbonyl (C=O) groups is 1. The molecule has 0 atom stereocenters. The average molecular weight is 261 g/mol. The van der Waals surface area contributed by atoms with Gasteiger partial charge in [0.1, 0.15) is 0 Å². The Morgan fingerprint density at radius 1 is 1.32 bits per heavy atom. The van der Waals surface area contributed by atoms with Gasteiger partial charge in [-0.3, -0.25) is 14.2 Å². The Bertz CT molecular complexity index is 611. The molecule has 0 aliphatic rings. The monoisotopic (exact) mass is 261 g/mol. The summed E-state index contributed by atoms with van der Waals surface area (Å²) in [6, 6.07) is 0. The molecule has 2 aromatic heterocycles. The molecule has 19 heavy (non-hydrogen) atoms. The SMILES string of the molecule is CCn1cc(N(C)C(=O)c2nn(C)cc2C)c(C)n1. The zero-order chi connectivity index (χ0) is 14.2. The standard InChI is InChI=1S/C13H19N5O/c1-6-18-8-11(10(3)14-18)17(5)13(19)12-9(2)7-16(4)15-12/h7-8H,6H2,1-5H3. The zero-order valence-electron chi connectivity index (χ0n) is 12.0. The maximum atomic E-state index is 12.4. The third-order valence-corrected chi connectivity index (χ3v) is 3.12. The summed E-state index contributed by atoms with van der Waals surface area (Å²) in [5.41, 5.74) is 3.01. The van der Waals surface area contributed by atoms with Crippen molar-refractivity contribution in [3.8, 4) is 0 Å². The molecule has 6 nitrogen and oxygen atoms in total. The third kappa shape index (κ3) is 2.38. The summed E-state index contributed by atoms with van der Waals surface area (Å²) >= 11 is 0. The third-order valence-electron chi connectivity index (χ3n) is 3.12. The number of nitrogens with zero attached hydrogens (tertiary/aromatic N) is 5. The highest BCUT2D eigenvalue weighted by Crippen LogP contribution is 2.20. The van der Waals surface area contributed by atoms with E-state index in [4.69, 9.17) is 0 Å². The van der Waals surface area contributed by atoms with Gasteiger partial charge < -0.3 is 4.90 Å². The number of rotatable bonds is 3. The molecule has 2 heterocycles. The molecular weight excluding hydrogens is 242 g/mol. The van der Waals surface area contributed by atoms with Crippen molar-refractivity contribution in [1.29, 1.82) is 0 Å². The molecule has 0 fully saturated rings. The maximum Gasteiger partial charge on any atom is 0.278 e. The van der Waals surface area contributed by atoms with Crippen LogP contribution in [0.15, 0.2) is 12.4 Å². The first-order valence-corrected chi connectivity index (χ1v) is 6.26. The second kappa shape index (κ2) is 4.87. The van der Waals surface area contributed by atoms with Gasteiger partial charge in [-0.05, 0) is 20.8 Å². The van der Waals surface area contributed by atoms with E-state index in [1.54, 1.807) is 16.6 Å². The van der Waals surface area contributed by atoms with Crippen molar-refractivity contribution in [3.05, 3.63) is 29.3 Å². The Morgan fingerprint density at radius 3 is 2.47 bits per heavy atom. The minimum Gasteiger partial charge on any atom is -0.307 e. The van der Waals surface area contributed by atoms with Crippen LogP contribution in [0.5, 0.6) is 0 Å². The fourth-order valence-corrected chi connectivity index (χ4v) is 2.09. The van der Waals surface area contributed by atoms with Gasteiger partial charge in [-0.1, -0.05) is 0 Å². The summed E-state index contributed by atoms with van der Waals surface area (Å²) in [5.74, 6) is -0.114. The predicted octanol–water partition coefficient (Wildman–Crippen LogP) is 1.53. The number of carbonyl (C=O) groups excluding carboxylic acids is 1. The first kappa shape index (κ1) is 13.3. The van der Waals surface area contributed by atoms with Gasteiger partial charge >= 0.3 is 0 Å². The maximum absolute atomic E-state index is 12.4. The summed E-state index contributed by atoms with van der Waals surface area (Å²) in [6.45, 7) is 6.58. The molecule has 0 aromatic carbocycles. The first-order chi connectivity index (χ1) is 8.93. The lowest BCUT2D eigenvalue weighted by Crippen LogP contribution is -2.27. The van der Waals surface area contributed by atoms with E-state index in [0.717, 1.165) is 23.5 Å². The lowest BCUT2D eigenvalue weighted by Gasteiger charge is -2.15. The largest absolute Gasteiger partial charge is 0.307 e. The van der Waals surface area contributed by atoms with Crippen LogP contribution in [0.4, 0.5) is 5.69 Å². The summed E-state index contributed by atoms with van der Waals surface area (Å²) < 4.78 is 3.47. The molecular formula is C13H19N5O. The number of hydrogen-bond donors (Lipinski definition) is 0. The number of hydrogen-bond acceptors (Lipinski definition) is 3. The number of anilines is 1. The fraction of sp³-hybridized carbons (Fsp3) is 0.462. The smallest absolute Gasteiger partial charge is 0.278 e. The molecule has 0 bridgehead atoms. The normalized spacial score (nSPS) is 10.8. The Hall–Kier alpha value is -2.11. The lowest BCUT2D eigenvalue weighted by atomic mass is 10.2. The zero-order valence-corrected chi connectivity index (χ0v) is 12.0. The number of aryl methyl sites for hydroxylation is 4. The van der Waals surface area contributed by atoms with E-state index in [9.17, 15) is 4.79 Å². The topological polar surface area (TPSA) is 56.0 Å². The summed E-state index contributed by atoms with van der Waals surface area (Å²) in [6.07, 6.45) is 3.72. The first-order valence-electron chi connectivity index (χ1n) is 6.26. The fourth-order valence-electron chi connectivity index (χ4n) is 2.09. The van der Waals surface area contributed by atoms with Gasteiger partial charge in [-0.25, -0.2) is 0 Å². The average Bonchev–Trinajstić information content (AvgIpc) is 2.90. The van der Waals surface area contributed by atoms with Gasteiger partial charge in [-0.15, -0.1) is 0 Å². The molecule has 0 spiro atoms. The van der Waals surface area contributed by atoms with E-state index in [-0.39, 0.29) is 5.91 Å². The van der Waals surface area contributed by atoms with Gasteiger partial charge in [0.05, 0.1) is 11.4 Å². The minimum atomic E-state index is -0.114. The van der Waals surface area contributed by atoms with Crippen molar-refractivity contribution in [2.45, 2.75) is 27.3 Å². The van der Waals surface area contributed by atoms with E-state index in [1.165, 1.54) is 0 Å². The Balaban J connectivity index is 2.33. The van der Waals surface area contributed by atoms with E-state index in [0.29, 0.717) is 5.69 Å². The molecule has 0 saturated carbocycles. The van der Waals surface area contributed by atoms with Gasteiger partial charge in [0.15, 0.2) is 5.69 Å². The van der Waals surface area contributed by atoms with Gasteiger partial charge in [0.2, 0.25) is 0 Å². The molecule has 2 aromatic rings. The Kier molecular flexibility index (Phi) is 3.42.